The smallest absolute Gasteiger partial charge is 0.422 e. The van der Waals surface area contributed by atoms with Crippen LogP contribution < -0.4 is 10.1 Å². The van der Waals surface area contributed by atoms with Gasteiger partial charge in [-0.25, -0.2) is 4.98 Å². The molecule has 2 rings (SSSR count). The van der Waals surface area contributed by atoms with Crippen LogP contribution in [0.3, 0.4) is 0 Å². The van der Waals surface area contributed by atoms with Crippen LogP contribution in [-0.4, -0.2) is 28.0 Å². The number of aryl methyl sites for hydroxylation is 1. The number of nitrogens with zero attached hydrogens (tertiary/aromatic N) is 2. The highest BCUT2D eigenvalue weighted by molar-refractivity contribution is 7.10. The van der Waals surface area contributed by atoms with Gasteiger partial charge in [0.25, 0.3) is 5.91 Å². The number of carbonyl (C=O) groups excluding carboxylic acids is 1. The lowest BCUT2D eigenvalue weighted by atomic mass is 10.2. The molecule has 0 aromatic carbocycles. The highest BCUT2D eigenvalue weighted by Gasteiger charge is 2.29. The molecule has 5 nitrogen and oxygen atoms in total. The summed E-state index contributed by atoms with van der Waals surface area (Å²) in [5, 5.41) is 3.02. The Kier molecular flexibility index (Phi) is 4.41. The lowest BCUT2D eigenvalue weighted by Crippen LogP contribution is -2.21. The Labute approximate surface area is 121 Å². The fourth-order valence-corrected chi connectivity index (χ4v) is 2.09. The number of ether oxygens (including phenoxy) is 1. The summed E-state index contributed by atoms with van der Waals surface area (Å²) in [6.07, 6.45) is -3.25. The molecule has 1 N–H and O–H groups in total. The first-order valence-electron chi connectivity index (χ1n) is 5.74. The molecule has 112 valence electrons. The minimum absolute atomic E-state index is 0.0761. The predicted octanol–water partition coefficient (Wildman–Crippen LogP) is 3.04. The van der Waals surface area contributed by atoms with E-state index in [2.05, 4.69) is 19.4 Å². The molecule has 0 saturated heterocycles. The molecule has 0 bridgehead atoms. The fourth-order valence-electron chi connectivity index (χ4n) is 1.43. The molecule has 0 spiro atoms. The Balaban J connectivity index is 2.13. The summed E-state index contributed by atoms with van der Waals surface area (Å²) in [7, 11) is 0. The summed E-state index contributed by atoms with van der Waals surface area (Å²) < 4.78 is 45.0. The van der Waals surface area contributed by atoms with Crippen LogP contribution in [-0.2, 0) is 0 Å². The van der Waals surface area contributed by atoms with E-state index >= 15 is 0 Å². The third-order valence-corrected chi connectivity index (χ3v) is 3.05. The van der Waals surface area contributed by atoms with Crippen LogP contribution in [0.2, 0.25) is 0 Å². The Hall–Kier alpha value is -2.16. The van der Waals surface area contributed by atoms with Gasteiger partial charge in [-0.3, -0.25) is 4.79 Å². The van der Waals surface area contributed by atoms with Gasteiger partial charge in [0.05, 0.1) is 5.69 Å². The van der Waals surface area contributed by atoms with Gasteiger partial charge in [-0.05, 0) is 36.7 Å². The normalized spacial score (nSPS) is 11.2. The van der Waals surface area contributed by atoms with Crippen molar-refractivity contribution >= 4 is 22.4 Å². The van der Waals surface area contributed by atoms with Gasteiger partial charge >= 0.3 is 6.18 Å². The Morgan fingerprint density at radius 1 is 1.48 bits per heavy atom. The molecule has 0 aliphatic carbocycles. The summed E-state index contributed by atoms with van der Waals surface area (Å²) in [6, 6.07) is 4.42. The summed E-state index contributed by atoms with van der Waals surface area (Å²) in [5.41, 5.74) is 0.655. The molecule has 0 fully saturated rings. The van der Waals surface area contributed by atoms with Crippen molar-refractivity contribution in [1.82, 2.24) is 9.36 Å². The van der Waals surface area contributed by atoms with Crippen molar-refractivity contribution in [3.8, 4) is 5.88 Å². The van der Waals surface area contributed by atoms with Crippen LogP contribution in [0, 0.1) is 6.92 Å². The predicted molar refractivity (Wildman–Crippen MR) is 70.6 cm³/mol. The van der Waals surface area contributed by atoms with Crippen molar-refractivity contribution in [2.45, 2.75) is 13.1 Å². The van der Waals surface area contributed by atoms with E-state index < -0.39 is 18.7 Å². The summed E-state index contributed by atoms with van der Waals surface area (Å²) in [6.45, 7) is 0.248. The molecular weight excluding hydrogens is 307 g/mol. The minimum atomic E-state index is -4.50. The molecular formula is C12H10F3N3O2S. The summed E-state index contributed by atoms with van der Waals surface area (Å²) >= 11 is 1.07. The number of aromatic nitrogens is 2. The molecule has 2 aromatic rings. The molecule has 2 aromatic heterocycles. The number of carbonyl (C=O) groups is 1. The van der Waals surface area contributed by atoms with Crippen molar-refractivity contribution < 1.29 is 22.7 Å². The molecule has 2 heterocycles. The SMILES string of the molecule is Cc1cc(NC(=O)c2cccnc2OCC(F)(F)F)sn1. The molecule has 0 aliphatic heterocycles. The third kappa shape index (κ3) is 4.42. The van der Waals surface area contributed by atoms with E-state index in [1.165, 1.54) is 18.3 Å². The zero-order valence-electron chi connectivity index (χ0n) is 10.8. The zero-order chi connectivity index (χ0) is 15.5. The van der Waals surface area contributed by atoms with Gasteiger partial charge in [0, 0.05) is 6.20 Å². The Morgan fingerprint density at radius 3 is 2.86 bits per heavy atom. The van der Waals surface area contributed by atoms with Crippen molar-refractivity contribution in [3.05, 3.63) is 35.7 Å². The second kappa shape index (κ2) is 6.08. The molecule has 9 heteroatoms. The number of nitrogens with one attached hydrogen (secondary N) is 1. The minimum Gasteiger partial charge on any atom is -0.467 e. The highest BCUT2D eigenvalue weighted by Crippen LogP contribution is 2.22. The van der Waals surface area contributed by atoms with Crippen LogP contribution in [0.15, 0.2) is 24.4 Å². The molecule has 1 amide bonds. The van der Waals surface area contributed by atoms with Crippen LogP contribution >= 0.6 is 11.5 Å². The maximum absolute atomic E-state index is 12.2. The topological polar surface area (TPSA) is 64.1 Å². The maximum atomic E-state index is 12.2. The van der Waals surface area contributed by atoms with Crippen molar-refractivity contribution in [3.63, 3.8) is 0 Å². The molecule has 0 unspecified atom stereocenters. The number of hydrogen-bond donors (Lipinski definition) is 1. The van der Waals surface area contributed by atoms with Crippen molar-refractivity contribution in [1.29, 1.82) is 0 Å². The quantitative estimate of drug-likeness (QED) is 0.941. The van der Waals surface area contributed by atoms with E-state index in [0.29, 0.717) is 5.00 Å². The van der Waals surface area contributed by atoms with Gasteiger partial charge in [-0.15, -0.1) is 0 Å². The van der Waals surface area contributed by atoms with E-state index in [-0.39, 0.29) is 11.4 Å². The summed E-state index contributed by atoms with van der Waals surface area (Å²) in [4.78, 5) is 15.7. The molecule has 0 radical (unpaired) electrons. The third-order valence-electron chi connectivity index (χ3n) is 2.25. The van der Waals surface area contributed by atoms with Gasteiger partial charge in [0.2, 0.25) is 5.88 Å². The van der Waals surface area contributed by atoms with Crippen molar-refractivity contribution in [2.75, 3.05) is 11.9 Å². The van der Waals surface area contributed by atoms with E-state index in [9.17, 15) is 18.0 Å². The Morgan fingerprint density at radius 2 is 2.24 bits per heavy atom. The zero-order valence-corrected chi connectivity index (χ0v) is 11.6. The van der Waals surface area contributed by atoms with E-state index in [1.54, 1.807) is 13.0 Å². The second-order valence-corrected chi connectivity index (χ2v) is 4.85. The largest absolute Gasteiger partial charge is 0.467 e. The monoisotopic (exact) mass is 317 g/mol. The van der Waals surface area contributed by atoms with Crippen LogP contribution in [0.5, 0.6) is 5.88 Å². The van der Waals surface area contributed by atoms with E-state index in [4.69, 9.17) is 0 Å². The van der Waals surface area contributed by atoms with Gasteiger partial charge in [0.1, 0.15) is 10.6 Å². The number of anilines is 1. The number of amides is 1. The first-order chi connectivity index (χ1) is 9.85. The standard InChI is InChI=1S/C12H10F3N3O2S/c1-7-5-9(21-18-7)17-10(19)8-3-2-4-16-11(8)20-6-12(13,14)15/h2-5H,6H2,1H3,(H,17,19). The fraction of sp³-hybridized carbons (Fsp3) is 0.250. The van der Waals surface area contributed by atoms with Gasteiger partial charge in [-0.2, -0.15) is 17.5 Å². The first-order valence-corrected chi connectivity index (χ1v) is 6.52. The first kappa shape index (κ1) is 15.2. The van der Waals surface area contributed by atoms with Crippen LogP contribution in [0.4, 0.5) is 18.2 Å². The summed E-state index contributed by atoms with van der Waals surface area (Å²) in [5.74, 6) is -0.975. The molecule has 0 atom stereocenters. The number of rotatable bonds is 4. The maximum Gasteiger partial charge on any atom is 0.422 e. The lowest BCUT2D eigenvalue weighted by Gasteiger charge is -2.11. The van der Waals surface area contributed by atoms with Gasteiger partial charge in [0.15, 0.2) is 6.61 Å². The number of alkyl halides is 3. The molecule has 21 heavy (non-hydrogen) atoms. The second-order valence-electron chi connectivity index (χ2n) is 4.05. The Bertz CT molecular complexity index is 643. The number of halogens is 3. The van der Waals surface area contributed by atoms with E-state index in [1.807, 2.05) is 0 Å². The average Bonchev–Trinajstić information content (AvgIpc) is 2.81. The van der Waals surface area contributed by atoms with Gasteiger partial charge in [-0.1, -0.05) is 0 Å². The van der Waals surface area contributed by atoms with E-state index in [0.717, 1.165) is 17.2 Å². The van der Waals surface area contributed by atoms with Crippen LogP contribution in [0.25, 0.3) is 0 Å². The highest BCUT2D eigenvalue weighted by atomic mass is 32.1. The van der Waals surface area contributed by atoms with Crippen LogP contribution in [0.1, 0.15) is 16.1 Å². The average molecular weight is 317 g/mol. The molecule has 0 aliphatic rings. The number of pyridine rings is 1. The van der Waals surface area contributed by atoms with Crippen molar-refractivity contribution in [2.24, 2.45) is 0 Å². The van der Waals surface area contributed by atoms with Gasteiger partial charge < -0.3 is 10.1 Å². The molecule has 0 saturated carbocycles. The number of hydrogen-bond acceptors (Lipinski definition) is 5. The lowest BCUT2D eigenvalue weighted by molar-refractivity contribution is -0.154.